The Hall–Kier alpha value is -1.36. The fraction of sp³-hybridized carbons (Fsp3) is 0.235. The van der Waals surface area contributed by atoms with Gasteiger partial charge in [0.05, 0.1) is 28.9 Å². The molecule has 0 saturated heterocycles. The molecule has 1 N–H and O–H groups in total. The lowest BCUT2D eigenvalue weighted by atomic mass is 10.1. The molecule has 2 aromatic rings. The van der Waals surface area contributed by atoms with Crippen LogP contribution in [0.5, 0.6) is 5.75 Å². The van der Waals surface area contributed by atoms with Crippen molar-refractivity contribution in [2.24, 2.45) is 0 Å². The molecule has 0 radical (unpaired) electrons. The van der Waals surface area contributed by atoms with Crippen molar-refractivity contribution in [1.29, 1.82) is 0 Å². The van der Waals surface area contributed by atoms with Crippen LogP contribution in [0.4, 0.5) is 0 Å². The summed E-state index contributed by atoms with van der Waals surface area (Å²) in [6, 6.07) is 12.8. The number of hydrogen-bond donors (Lipinski definition) is 1. The third-order valence-electron chi connectivity index (χ3n) is 3.23. The molecule has 2 aromatic carbocycles. The summed E-state index contributed by atoms with van der Waals surface area (Å²) in [5.41, 5.74) is 0.916. The molecule has 2 rings (SSSR count). The van der Waals surface area contributed by atoms with Crippen molar-refractivity contribution in [1.82, 2.24) is 5.32 Å². The van der Waals surface area contributed by atoms with E-state index in [1.165, 1.54) is 11.8 Å². The predicted octanol–water partition coefficient (Wildman–Crippen LogP) is 4.97. The Labute approximate surface area is 150 Å². The van der Waals surface area contributed by atoms with E-state index in [4.69, 9.17) is 27.9 Å². The molecule has 1 unspecified atom stereocenters. The summed E-state index contributed by atoms with van der Waals surface area (Å²) in [6.07, 6.45) is 0. The van der Waals surface area contributed by atoms with Gasteiger partial charge in [-0.1, -0.05) is 35.3 Å². The number of carbonyl (C=O) groups is 1. The first-order chi connectivity index (χ1) is 11.0. The summed E-state index contributed by atoms with van der Waals surface area (Å²) < 4.78 is 5.17. The summed E-state index contributed by atoms with van der Waals surface area (Å²) in [6.45, 7) is 1.91. The molecule has 0 bridgehead atoms. The lowest BCUT2D eigenvalue weighted by Gasteiger charge is -2.15. The molecule has 0 aliphatic heterocycles. The summed E-state index contributed by atoms with van der Waals surface area (Å²) in [5, 5.41) is 3.93. The Balaban J connectivity index is 1.89. The molecule has 3 nitrogen and oxygen atoms in total. The second-order valence-electron chi connectivity index (χ2n) is 4.93. The van der Waals surface area contributed by atoms with Crippen molar-refractivity contribution in [2.75, 3.05) is 12.9 Å². The number of carbonyl (C=O) groups excluding carboxylic acids is 1. The average Bonchev–Trinajstić information content (AvgIpc) is 2.55. The van der Waals surface area contributed by atoms with Gasteiger partial charge in [-0.05, 0) is 42.8 Å². The maximum absolute atomic E-state index is 12.1. The minimum Gasteiger partial charge on any atom is -0.497 e. The van der Waals surface area contributed by atoms with E-state index >= 15 is 0 Å². The van der Waals surface area contributed by atoms with Crippen LogP contribution in [0.25, 0.3) is 0 Å². The summed E-state index contributed by atoms with van der Waals surface area (Å²) in [4.78, 5) is 13.1. The van der Waals surface area contributed by atoms with Crippen LogP contribution in [0.3, 0.4) is 0 Å². The number of thioether (sulfide) groups is 1. The first-order valence-electron chi connectivity index (χ1n) is 7.00. The largest absolute Gasteiger partial charge is 0.497 e. The predicted molar refractivity (Wildman–Crippen MR) is 96.7 cm³/mol. The minimum atomic E-state index is -0.136. The molecule has 23 heavy (non-hydrogen) atoms. The van der Waals surface area contributed by atoms with Crippen molar-refractivity contribution in [3.8, 4) is 5.75 Å². The van der Waals surface area contributed by atoms with Gasteiger partial charge < -0.3 is 10.1 Å². The van der Waals surface area contributed by atoms with Crippen molar-refractivity contribution >= 4 is 40.9 Å². The number of benzene rings is 2. The summed E-state index contributed by atoms with van der Waals surface area (Å²) in [7, 11) is 1.62. The van der Waals surface area contributed by atoms with Gasteiger partial charge in [0.2, 0.25) is 5.91 Å². The van der Waals surface area contributed by atoms with Crippen molar-refractivity contribution in [3.63, 3.8) is 0 Å². The number of ether oxygens (including phenoxy) is 1. The van der Waals surface area contributed by atoms with E-state index in [2.05, 4.69) is 5.32 Å². The van der Waals surface area contributed by atoms with Gasteiger partial charge in [-0.25, -0.2) is 0 Å². The third kappa shape index (κ3) is 5.34. The maximum atomic E-state index is 12.1. The highest BCUT2D eigenvalue weighted by molar-refractivity contribution is 8.00. The van der Waals surface area contributed by atoms with Gasteiger partial charge in [0.15, 0.2) is 0 Å². The second kappa shape index (κ2) is 8.48. The van der Waals surface area contributed by atoms with Crippen LogP contribution in [-0.2, 0) is 4.79 Å². The van der Waals surface area contributed by atoms with Gasteiger partial charge in [-0.15, -0.1) is 11.8 Å². The first kappa shape index (κ1) is 18.0. The Morgan fingerprint density at radius 2 is 2.00 bits per heavy atom. The Kier molecular flexibility index (Phi) is 6.63. The molecule has 0 aliphatic carbocycles. The lowest BCUT2D eigenvalue weighted by molar-refractivity contribution is -0.119. The van der Waals surface area contributed by atoms with Crippen molar-refractivity contribution < 1.29 is 9.53 Å². The van der Waals surface area contributed by atoms with Crippen molar-refractivity contribution in [2.45, 2.75) is 17.9 Å². The van der Waals surface area contributed by atoms with Gasteiger partial charge in [0, 0.05) is 4.90 Å². The van der Waals surface area contributed by atoms with Crippen LogP contribution in [0.1, 0.15) is 18.5 Å². The standard InChI is InChI=1S/C17H17Cl2NO2S/c1-11(12-6-7-15(18)16(19)8-12)20-17(21)10-23-14-5-3-4-13(9-14)22-2/h3-9,11H,10H2,1-2H3,(H,20,21). The summed E-state index contributed by atoms with van der Waals surface area (Å²) in [5.74, 6) is 1.06. The van der Waals surface area contributed by atoms with Crippen LogP contribution >= 0.6 is 35.0 Å². The number of halogens is 2. The fourth-order valence-electron chi connectivity index (χ4n) is 1.99. The minimum absolute atomic E-state index is 0.0450. The molecule has 0 spiro atoms. The maximum Gasteiger partial charge on any atom is 0.230 e. The molecule has 1 amide bonds. The highest BCUT2D eigenvalue weighted by atomic mass is 35.5. The topological polar surface area (TPSA) is 38.3 Å². The molecular weight excluding hydrogens is 353 g/mol. The SMILES string of the molecule is COc1cccc(SCC(=O)NC(C)c2ccc(Cl)c(Cl)c2)c1. The van der Waals surface area contributed by atoms with Gasteiger partial charge in [-0.3, -0.25) is 4.79 Å². The molecule has 0 aliphatic rings. The molecular formula is C17H17Cl2NO2S. The number of hydrogen-bond acceptors (Lipinski definition) is 3. The van der Waals surface area contributed by atoms with Gasteiger partial charge >= 0.3 is 0 Å². The number of rotatable bonds is 6. The van der Waals surface area contributed by atoms with E-state index in [9.17, 15) is 4.79 Å². The normalized spacial score (nSPS) is 11.8. The zero-order valence-corrected chi connectivity index (χ0v) is 15.1. The van der Waals surface area contributed by atoms with E-state index in [0.29, 0.717) is 15.8 Å². The third-order valence-corrected chi connectivity index (χ3v) is 4.97. The van der Waals surface area contributed by atoms with Gasteiger partial charge in [0.1, 0.15) is 5.75 Å². The molecule has 122 valence electrons. The van der Waals surface area contributed by atoms with E-state index in [1.54, 1.807) is 19.2 Å². The molecule has 6 heteroatoms. The van der Waals surface area contributed by atoms with E-state index in [-0.39, 0.29) is 11.9 Å². The molecule has 0 heterocycles. The Morgan fingerprint density at radius 1 is 1.22 bits per heavy atom. The average molecular weight is 370 g/mol. The van der Waals surface area contributed by atoms with E-state index < -0.39 is 0 Å². The summed E-state index contributed by atoms with van der Waals surface area (Å²) >= 11 is 13.4. The van der Waals surface area contributed by atoms with Crippen LogP contribution in [0, 0.1) is 0 Å². The zero-order valence-electron chi connectivity index (χ0n) is 12.8. The number of amides is 1. The fourth-order valence-corrected chi connectivity index (χ4v) is 3.05. The second-order valence-corrected chi connectivity index (χ2v) is 6.79. The van der Waals surface area contributed by atoms with Crippen LogP contribution in [0.15, 0.2) is 47.4 Å². The number of nitrogens with one attached hydrogen (secondary N) is 1. The van der Waals surface area contributed by atoms with E-state index in [0.717, 1.165) is 16.2 Å². The molecule has 0 aromatic heterocycles. The molecule has 0 saturated carbocycles. The van der Waals surface area contributed by atoms with Gasteiger partial charge in [-0.2, -0.15) is 0 Å². The highest BCUT2D eigenvalue weighted by Gasteiger charge is 2.11. The van der Waals surface area contributed by atoms with Crippen LogP contribution < -0.4 is 10.1 Å². The quantitative estimate of drug-likeness (QED) is 0.730. The van der Waals surface area contributed by atoms with E-state index in [1.807, 2.05) is 37.3 Å². The molecule has 0 fully saturated rings. The Morgan fingerprint density at radius 3 is 2.70 bits per heavy atom. The molecule has 1 atom stereocenters. The van der Waals surface area contributed by atoms with Crippen LogP contribution in [-0.4, -0.2) is 18.8 Å². The van der Waals surface area contributed by atoms with Gasteiger partial charge in [0.25, 0.3) is 0 Å². The monoisotopic (exact) mass is 369 g/mol. The smallest absolute Gasteiger partial charge is 0.230 e. The zero-order chi connectivity index (χ0) is 16.8. The van der Waals surface area contributed by atoms with Crippen LogP contribution in [0.2, 0.25) is 10.0 Å². The highest BCUT2D eigenvalue weighted by Crippen LogP contribution is 2.26. The Bertz CT molecular complexity index is 694. The lowest BCUT2D eigenvalue weighted by Crippen LogP contribution is -2.28. The van der Waals surface area contributed by atoms with Crippen molar-refractivity contribution in [3.05, 3.63) is 58.1 Å². The number of methoxy groups -OCH3 is 1. The first-order valence-corrected chi connectivity index (χ1v) is 8.75.